The van der Waals surface area contributed by atoms with E-state index in [0.717, 1.165) is 32.2 Å². The number of hydrogen-bond acceptors (Lipinski definition) is 3. The van der Waals surface area contributed by atoms with Crippen LogP contribution in [0.3, 0.4) is 0 Å². The quantitative estimate of drug-likeness (QED) is 0.811. The van der Waals surface area contributed by atoms with Gasteiger partial charge in [0, 0.05) is 32.2 Å². The third-order valence-corrected chi connectivity index (χ3v) is 6.74. The van der Waals surface area contributed by atoms with Crippen LogP contribution in [0.4, 0.5) is 0 Å². The van der Waals surface area contributed by atoms with Crippen molar-refractivity contribution in [3.63, 3.8) is 0 Å². The molecule has 5 nitrogen and oxygen atoms in total. The fourth-order valence-corrected chi connectivity index (χ4v) is 5.13. The molecule has 6 heteroatoms. The standard InChI is InChI=1S/C15H31N3O2S/c1-4-14-7-9-18(11-14)21(19,20)17-8-5-6-15(12-17)10-16-13(2)3/h13-16H,4-12H2,1-3H3. The van der Waals surface area contributed by atoms with Gasteiger partial charge in [0.1, 0.15) is 0 Å². The van der Waals surface area contributed by atoms with E-state index in [1.807, 2.05) is 0 Å². The molecule has 1 N–H and O–H groups in total. The Morgan fingerprint density at radius 1 is 1.10 bits per heavy atom. The van der Waals surface area contributed by atoms with Crippen molar-refractivity contribution in [2.24, 2.45) is 11.8 Å². The van der Waals surface area contributed by atoms with E-state index >= 15 is 0 Å². The summed E-state index contributed by atoms with van der Waals surface area (Å²) < 4.78 is 29.0. The third-order valence-electron chi connectivity index (χ3n) is 4.78. The van der Waals surface area contributed by atoms with Crippen LogP contribution >= 0.6 is 0 Å². The van der Waals surface area contributed by atoms with Gasteiger partial charge in [-0.25, -0.2) is 0 Å². The van der Waals surface area contributed by atoms with E-state index in [-0.39, 0.29) is 0 Å². The van der Waals surface area contributed by atoms with Gasteiger partial charge in [-0.3, -0.25) is 0 Å². The Kier molecular flexibility index (Phi) is 6.05. The monoisotopic (exact) mass is 317 g/mol. The lowest BCUT2D eigenvalue weighted by atomic mass is 9.99. The van der Waals surface area contributed by atoms with Gasteiger partial charge in [0.05, 0.1) is 0 Å². The molecule has 0 aromatic heterocycles. The zero-order valence-corrected chi connectivity index (χ0v) is 14.5. The SMILES string of the molecule is CCC1CCN(S(=O)(=O)N2CCCC(CNC(C)C)C2)C1. The first-order valence-electron chi connectivity index (χ1n) is 8.42. The van der Waals surface area contributed by atoms with Gasteiger partial charge >= 0.3 is 0 Å². The summed E-state index contributed by atoms with van der Waals surface area (Å²) in [5.41, 5.74) is 0. The Hall–Kier alpha value is -0.170. The molecule has 0 bridgehead atoms. The van der Waals surface area contributed by atoms with Gasteiger partial charge in [-0.1, -0.05) is 27.2 Å². The molecule has 2 unspecified atom stereocenters. The molecule has 124 valence electrons. The van der Waals surface area contributed by atoms with Gasteiger partial charge in [0.25, 0.3) is 10.2 Å². The summed E-state index contributed by atoms with van der Waals surface area (Å²) >= 11 is 0. The average Bonchev–Trinajstić information content (AvgIpc) is 2.95. The molecule has 21 heavy (non-hydrogen) atoms. The summed E-state index contributed by atoms with van der Waals surface area (Å²) in [6, 6.07) is 0.459. The molecule has 0 spiro atoms. The molecule has 0 aromatic carbocycles. The molecule has 2 rings (SSSR count). The number of piperidine rings is 1. The zero-order valence-electron chi connectivity index (χ0n) is 13.7. The summed E-state index contributed by atoms with van der Waals surface area (Å²) in [6.45, 7) is 10.1. The van der Waals surface area contributed by atoms with Gasteiger partial charge in [0.15, 0.2) is 0 Å². The van der Waals surface area contributed by atoms with Crippen molar-refractivity contribution < 1.29 is 8.42 Å². The number of hydrogen-bond donors (Lipinski definition) is 1. The largest absolute Gasteiger partial charge is 0.314 e. The van der Waals surface area contributed by atoms with E-state index in [9.17, 15) is 8.42 Å². The first kappa shape index (κ1) is 17.2. The smallest absolute Gasteiger partial charge is 0.281 e. The van der Waals surface area contributed by atoms with Gasteiger partial charge in [-0.2, -0.15) is 17.0 Å². The fourth-order valence-electron chi connectivity index (χ4n) is 3.31. The van der Waals surface area contributed by atoms with Gasteiger partial charge in [-0.15, -0.1) is 0 Å². The molecule has 2 aliphatic rings. The van der Waals surface area contributed by atoms with Crippen molar-refractivity contribution in [2.45, 2.75) is 52.5 Å². The average molecular weight is 317 g/mol. The van der Waals surface area contributed by atoms with Crippen LogP contribution in [-0.2, 0) is 10.2 Å². The summed E-state index contributed by atoms with van der Waals surface area (Å²) in [7, 11) is -3.24. The van der Waals surface area contributed by atoms with Crippen molar-refractivity contribution in [2.75, 3.05) is 32.7 Å². The van der Waals surface area contributed by atoms with E-state index in [2.05, 4.69) is 26.1 Å². The molecule has 2 saturated heterocycles. The highest BCUT2D eigenvalue weighted by Crippen LogP contribution is 2.26. The van der Waals surface area contributed by atoms with Crippen molar-refractivity contribution in [3.8, 4) is 0 Å². The molecule has 0 radical (unpaired) electrons. The number of nitrogens with zero attached hydrogens (tertiary/aromatic N) is 2. The lowest BCUT2D eigenvalue weighted by Gasteiger charge is -2.34. The third kappa shape index (κ3) is 4.41. The first-order valence-corrected chi connectivity index (χ1v) is 9.81. The van der Waals surface area contributed by atoms with Gasteiger partial charge in [0.2, 0.25) is 0 Å². The Labute approximate surface area is 130 Å². The second kappa shape index (κ2) is 7.40. The van der Waals surface area contributed by atoms with Crippen LogP contribution in [0.5, 0.6) is 0 Å². The highest BCUT2D eigenvalue weighted by Gasteiger charge is 2.37. The van der Waals surface area contributed by atoms with E-state index in [1.54, 1.807) is 8.61 Å². The van der Waals surface area contributed by atoms with Crippen LogP contribution < -0.4 is 5.32 Å². The Bertz CT molecular complexity index is 425. The minimum Gasteiger partial charge on any atom is -0.314 e. The Morgan fingerprint density at radius 2 is 1.76 bits per heavy atom. The maximum absolute atomic E-state index is 12.8. The van der Waals surface area contributed by atoms with Crippen LogP contribution in [0.1, 0.15) is 46.5 Å². The van der Waals surface area contributed by atoms with E-state index < -0.39 is 10.2 Å². The molecule has 0 amide bonds. The maximum atomic E-state index is 12.8. The highest BCUT2D eigenvalue weighted by atomic mass is 32.2. The van der Waals surface area contributed by atoms with Gasteiger partial charge in [-0.05, 0) is 37.6 Å². The minimum atomic E-state index is -3.24. The van der Waals surface area contributed by atoms with Crippen LogP contribution in [0, 0.1) is 11.8 Å². The molecule has 0 aromatic rings. The first-order chi connectivity index (χ1) is 9.93. The molecule has 0 saturated carbocycles. The maximum Gasteiger partial charge on any atom is 0.281 e. The Balaban J connectivity index is 1.93. The molecule has 2 fully saturated rings. The molecule has 0 aliphatic carbocycles. The summed E-state index contributed by atoms with van der Waals surface area (Å²) in [6.07, 6.45) is 4.20. The van der Waals surface area contributed by atoms with E-state index in [1.165, 1.54) is 0 Å². The van der Waals surface area contributed by atoms with E-state index in [0.29, 0.717) is 44.1 Å². The molecule has 2 aliphatic heterocycles. The highest BCUT2D eigenvalue weighted by molar-refractivity contribution is 7.86. The van der Waals surface area contributed by atoms with Crippen LogP contribution in [0.15, 0.2) is 0 Å². The molecular weight excluding hydrogens is 286 g/mol. The van der Waals surface area contributed by atoms with Crippen LogP contribution in [0.2, 0.25) is 0 Å². The second-order valence-electron chi connectivity index (χ2n) is 6.86. The fraction of sp³-hybridized carbons (Fsp3) is 1.00. The second-order valence-corrected chi connectivity index (χ2v) is 8.79. The van der Waals surface area contributed by atoms with Gasteiger partial charge < -0.3 is 5.32 Å². The van der Waals surface area contributed by atoms with Crippen LogP contribution in [0.25, 0.3) is 0 Å². The molecule has 2 atom stereocenters. The zero-order chi connectivity index (χ0) is 15.5. The van der Waals surface area contributed by atoms with Crippen molar-refractivity contribution in [3.05, 3.63) is 0 Å². The molecular formula is C15H31N3O2S. The predicted molar refractivity (Wildman–Crippen MR) is 86.3 cm³/mol. The summed E-state index contributed by atoms with van der Waals surface area (Å²) in [5.74, 6) is 0.989. The number of rotatable bonds is 6. The lowest BCUT2D eigenvalue weighted by molar-refractivity contribution is 0.242. The normalized spacial score (nSPS) is 29.3. The summed E-state index contributed by atoms with van der Waals surface area (Å²) in [4.78, 5) is 0. The predicted octanol–water partition coefficient (Wildman–Crippen LogP) is 1.67. The van der Waals surface area contributed by atoms with Crippen molar-refractivity contribution in [1.82, 2.24) is 13.9 Å². The number of nitrogens with one attached hydrogen (secondary N) is 1. The van der Waals surface area contributed by atoms with E-state index in [4.69, 9.17) is 0 Å². The lowest BCUT2D eigenvalue weighted by Crippen LogP contribution is -2.49. The Morgan fingerprint density at radius 3 is 2.38 bits per heavy atom. The topological polar surface area (TPSA) is 52.7 Å². The minimum absolute atomic E-state index is 0.445. The van der Waals surface area contributed by atoms with Crippen molar-refractivity contribution >= 4 is 10.2 Å². The molecule has 2 heterocycles. The summed E-state index contributed by atoms with van der Waals surface area (Å²) in [5, 5.41) is 3.44. The van der Waals surface area contributed by atoms with Crippen molar-refractivity contribution in [1.29, 1.82) is 0 Å². The van der Waals surface area contributed by atoms with Crippen LogP contribution in [-0.4, -0.2) is 55.8 Å².